The van der Waals surface area contributed by atoms with Gasteiger partial charge in [-0.05, 0) is 28.9 Å². The largest absolute Gasteiger partial charge is 0.462 e. The lowest BCUT2D eigenvalue weighted by Crippen LogP contribution is -2.19. The summed E-state index contributed by atoms with van der Waals surface area (Å²) in [5.41, 5.74) is -2.09. The number of hydrogen-bond donors (Lipinski definition) is 0. The molecule has 118 valence electrons. The molecule has 2 aromatic rings. The second-order valence-electron chi connectivity index (χ2n) is 4.00. The molecule has 2 rings (SSSR count). The van der Waals surface area contributed by atoms with E-state index in [1.165, 1.54) is 6.92 Å². The summed E-state index contributed by atoms with van der Waals surface area (Å²) in [7, 11) is 0. The molecule has 0 N–H and O–H groups in total. The minimum atomic E-state index is -4.88. The molecule has 0 unspecified atom stereocenters. The average Bonchev–Trinajstić information content (AvgIpc) is 2.83. The Labute approximate surface area is 130 Å². The summed E-state index contributed by atoms with van der Waals surface area (Å²) in [5, 5.41) is 3.53. The fourth-order valence-electron chi connectivity index (χ4n) is 1.70. The van der Waals surface area contributed by atoms with Crippen LogP contribution in [0, 0.1) is 5.82 Å². The fraction of sp³-hybridized carbons (Fsp3) is 0.250. The number of esters is 1. The van der Waals surface area contributed by atoms with Crippen LogP contribution >= 0.6 is 15.9 Å². The number of rotatable bonds is 3. The SMILES string of the molecule is CCOC(=O)c1cnn(-c2ncc(F)cc2Br)c1C(F)(F)F. The van der Waals surface area contributed by atoms with Crippen molar-refractivity contribution in [3.63, 3.8) is 0 Å². The Bertz CT molecular complexity index is 715. The Morgan fingerprint density at radius 3 is 2.64 bits per heavy atom. The molecule has 0 amide bonds. The number of nitrogens with zero attached hydrogens (tertiary/aromatic N) is 3. The second-order valence-corrected chi connectivity index (χ2v) is 4.85. The average molecular weight is 382 g/mol. The van der Waals surface area contributed by atoms with Crippen molar-refractivity contribution in [1.29, 1.82) is 0 Å². The molecular formula is C12H8BrF4N3O2. The van der Waals surface area contributed by atoms with E-state index < -0.39 is 29.2 Å². The summed E-state index contributed by atoms with van der Waals surface area (Å²) in [6.45, 7) is 1.38. The molecule has 0 aliphatic rings. The highest BCUT2D eigenvalue weighted by Crippen LogP contribution is 2.35. The monoisotopic (exact) mass is 381 g/mol. The number of alkyl halides is 3. The summed E-state index contributed by atoms with van der Waals surface area (Å²) in [5.74, 6) is -2.19. The van der Waals surface area contributed by atoms with Gasteiger partial charge in [0.25, 0.3) is 0 Å². The fourth-order valence-corrected chi connectivity index (χ4v) is 2.19. The van der Waals surface area contributed by atoms with Crippen LogP contribution in [-0.4, -0.2) is 27.3 Å². The van der Waals surface area contributed by atoms with Gasteiger partial charge in [0.2, 0.25) is 0 Å². The smallest absolute Gasteiger partial charge is 0.434 e. The topological polar surface area (TPSA) is 57.0 Å². The van der Waals surface area contributed by atoms with Crippen molar-refractivity contribution < 1.29 is 27.1 Å². The minimum Gasteiger partial charge on any atom is -0.462 e. The van der Waals surface area contributed by atoms with E-state index in [1.807, 2.05) is 0 Å². The summed E-state index contributed by atoms with van der Waals surface area (Å²) in [4.78, 5) is 15.2. The van der Waals surface area contributed by atoms with Gasteiger partial charge < -0.3 is 4.74 Å². The molecule has 10 heteroatoms. The molecule has 0 fully saturated rings. The molecule has 22 heavy (non-hydrogen) atoms. The van der Waals surface area contributed by atoms with Crippen molar-refractivity contribution in [2.75, 3.05) is 6.61 Å². The second kappa shape index (κ2) is 6.03. The summed E-state index contributed by atoms with van der Waals surface area (Å²) in [6, 6.07) is 0.939. The minimum absolute atomic E-state index is 0.0449. The molecule has 0 aromatic carbocycles. The zero-order valence-corrected chi connectivity index (χ0v) is 12.6. The van der Waals surface area contributed by atoms with Crippen molar-refractivity contribution in [2.24, 2.45) is 0 Å². The van der Waals surface area contributed by atoms with Crippen LogP contribution in [0.3, 0.4) is 0 Å². The van der Waals surface area contributed by atoms with Gasteiger partial charge in [0, 0.05) is 0 Å². The normalized spacial score (nSPS) is 11.5. The maximum Gasteiger partial charge on any atom is 0.434 e. The van der Waals surface area contributed by atoms with Crippen LogP contribution in [0.1, 0.15) is 23.0 Å². The highest BCUT2D eigenvalue weighted by atomic mass is 79.9. The van der Waals surface area contributed by atoms with Crippen LogP contribution in [0.2, 0.25) is 0 Å². The lowest BCUT2D eigenvalue weighted by Gasteiger charge is -2.12. The molecule has 0 bridgehead atoms. The molecule has 0 radical (unpaired) electrons. The lowest BCUT2D eigenvalue weighted by atomic mass is 10.2. The van der Waals surface area contributed by atoms with E-state index in [4.69, 9.17) is 0 Å². The van der Waals surface area contributed by atoms with Crippen molar-refractivity contribution in [3.05, 3.63) is 40.0 Å². The number of ether oxygens (including phenoxy) is 1. The third kappa shape index (κ3) is 3.11. The van der Waals surface area contributed by atoms with Crippen molar-refractivity contribution >= 4 is 21.9 Å². The predicted octanol–water partition coefficient (Wildman–Crippen LogP) is 3.36. The predicted molar refractivity (Wildman–Crippen MR) is 70.0 cm³/mol. The highest BCUT2D eigenvalue weighted by Gasteiger charge is 2.41. The molecule has 0 atom stereocenters. The van der Waals surface area contributed by atoms with E-state index in [0.29, 0.717) is 4.68 Å². The zero-order valence-electron chi connectivity index (χ0n) is 11.0. The summed E-state index contributed by atoms with van der Waals surface area (Å²) in [6.07, 6.45) is -3.40. The van der Waals surface area contributed by atoms with E-state index >= 15 is 0 Å². The van der Waals surface area contributed by atoms with Crippen LogP contribution in [0.5, 0.6) is 0 Å². The van der Waals surface area contributed by atoms with E-state index in [9.17, 15) is 22.4 Å². The number of carbonyl (C=O) groups excluding carboxylic acids is 1. The number of pyridine rings is 1. The third-order valence-corrected chi connectivity index (χ3v) is 3.11. The van der Waals surface area contributed by atoms with Crippen molar-refractivity contribution in [3.8, 4) is 5.82 Å². The quantitative estimate of drug-likeness (QED) is 0.604. The first kappa shape index (κ1) is 16.4. The molecule has 0 spiro atoms. The van der Waals surface area contributed by atoms with E-state index in [-0.39, 0.29) is 16.9 Å². The van der Waals surface area contributed by atoms with Crippen LogP contribution in [0.25, 0.3) is 5.82 Å². The van der Waals surface area contributed by atoms with Gasteiger partial charge in [-0.1, -0.05) is 0 Å². The zero-order chi connectivity index (χ0) is 16.5. The Morgan fingerprint density at radius 1 is 1.41 bits per heavy atom. The number of aromatic nitrogens is 3. The van der Waals surface area contributed by atoms with Crippen LogP contribution in [0.4, 0.5) is 17.6 Å². The Morgan fingerprint density at radius 2 is 2.09 bits per heavy atom. The molecule has 0 aliphatic carbocycles. The van der Waals surface area contributed by atoms with Crippen molar-refractivity contribution in [2.45, 2.75) is 13.1 Å². The van der Waals surface area contributed by atoms with Gasteiger partial charge in [0.1, 0.15) is 11.4 Å². The van der Waals surface area contributed by atoms with Gasteiger partial charge in [-0.25, -0.2) is 18.9 Å². The first-order chi connectivity index (χ1) is 10.3. The third-order valence-electron chi connectivity index (χ3n) is 2.52. The van der Waals surface area contributed by atoms with Gasteiger partial charge >= 0.3 is 12.1 Å². The molecule has 5 nitrogen and oxygen atoms in total. The van der Waals surface area contributed by atoms with Gasteiger partial charge in [-0.2, -0.15) is 18.3 Å². The molecule has 2 aromatic heterocycles. The number of hydrogen-bond acceptors (Lipinski definition) is 4. The highest BCUT2D eigenvalue weighted by molar-refractivity contribution is 9.10. The van der Waals surface area contributed by atoms with Crippen LogP contribution in [-0.2, 0) is 10.9 Å². The maximum atomic E-state index is 13.3. The van der Waals surface area contributed by atoms with Crippen LogP contribution < -0.4 is 0 Å². The van der Waals surface area contributed by atoms with E-state index in [1.54, 1.807) is 0 Å². The number of carbonyl (C=O) groups is 1. The van der Waals surface area contributed by atoms with Crippen LogP contribution in [0.15, 0.2) is 22.9 Å². The molecular weight excluding hydrogens is 374 g/mol. The molecule has 0 aliphatic heterocycles. The van der Waals surface area contributed by atoms with Gasteiger partial charge in [0.15, 0.2) is 11.5 Å². The standard InChI is InChI=1S/C12H8BrF4N3O2/c1-2-22-11(21)7-5-19-20(9(7)12(15,16)17)10-8(13)3-6(14)4-18-10/h3-5H,2H2,1H3. The van der Waals surface area contributed by atoms with Gasteiger partial charge in [0.05, 0.1) is 23.5 Å². The molecule has 2 heterocycles. The van der Waals surface area contributed by atoms with Crippen molar-refractivity contribution in [1.82, 2.24) is 14.8 Å². The molecule has 0 saturated carbocycles. The first-order valence-electron chi connectivity index (χ1n) is 5.89. The lowest BCUT2D eigenvalue weighted by molar-refractivity contribution is -0.143. The maximum absolute atomic E-state index is 13.3. The Hall–Kier alpha value is -1.97. The van der Waals surface area contributed by atoms with Gasteiger partial charge in [-0.15, -0.1) is 0 Å². The Kier molecular flexibility index (Phi) is 4.50. The number of halogens is 5. The first-order valence-corrected chi connectivity index (χ1v) is 6.68. The van der Waals surface area contributed by atoms with E-state index in [0.717, 1.165) is 18.5 Å². The van der Waals surface area contributed by atoms with E-state index in [2.05, 4.69) is 30.7 Å². The molecule has 0 saturated heterocycles. The van der Waals surface area contributed by atoms with Gasteiger partial charge in [-0.3, -0.25) is 0 Å². The summed E-state index contributed by atoms with van der Waals surface area (Å²) >= 11 is 2.91. The Balaban J connectivity index is 2.64. The summed E-state index contributed by atoms with van der Waals surface area (Å²) < 4.78 is 57.7.